The molecule has 0 unspecified atom stereocenters. The largest absolute Gasteiger partial charge is 0.454 e. The number of hydrogen-bond donors (Lipinski definition) is 1. The summed E-state index contributed by atoms with van der Waals surface area (Å²) < 4.78 is 21.4. The molecule has 138 valence electrons. The number of benzene rings is 1. The number of amides is 2. The van der Waals surface area contributed by atoms with Crippen molar-refractivity contribution in [3.63, 3.8) is 0 Å². The van der Waals surface area contributed by atoms with E-state index < -0.39 is 0 Å². The zero-order valence-electron chi connectivity index (χ0n) is 14.4. The fourth-order valence-corrected chi connectivity index (χ4v) is 2.94. The first-order valence-corrected chi connectivity index (χ1v) is 8.52. The van der Waals surface area contributed by atoms with Crippen LogP contribution in [0.5, 0.6) is 11.5 Å². The summed E-state index contributed by atoms with van der Waals surface area (Å²) in [6.07, 6.45) is 2.15. The molecule has 0 aliphatic carbocycles. The van der Waals surface area contributed by atoms with Crippen LogP contribution in [0.1, 0.15) is 18.7 Å². The Balaban J connectivity index is 1.32. The molecule has 3 heterocycles. The molecule has 1 saturated heterocycles. The molecule has 4 rings (SSSR count). The predicted molar refractivity (Wildman–Crippen MR) is 89.7 cm³/mol. The maximum Gasteiger partial charge on any atom is 0.317 e. The maximum absolute atomic E-state index is 12.2. The van der Waals surface area contributed by atoms with Crippen LogP contribution >= 0.6 is 0 Å². The first-order valence-electron chi connectivity index (χ1n) is 8.52. The number of fused-ring (bicyclic) bond motifs is 1. The number of rotatable bonds is 5. The number of carbonyl (C=O) groups is 1. The molecule has 0 radical (unpaired) electrons. The predicted octanol–water partition coefficient (Wildman–Crippen LogP) is 1.79. The van der Waals surface area contributed by atoms with Gasteiger partial charge in [-0.1, -0.05) is 5.16 Å². The number of ether oxygens (including phenoxy) is 3. The molecule has 2 aromatic rings. The third kappa shape index (κ3) is 3.57. The average molecular weight is 360 g/mol. The summed E-state index contributed by atoms with van der Waals surface area (Å²) in [5.41, 5.74) is 0.731. The Morgan fingerprint density at radius 1 is 1.35 bits per heavy atom. The van der Waals surface area contributed by atoms with Crippen molar-refractivity contribution in [2.45, 2.75) is 25.5 Å². The molecular formula is C17H20N4O5. The van der Waals surface area contributed by atoms with Crippen molar-refractivity contribution < 1.29 is 23.5 Å². The highest BCUT2D eigenvalue weighted by Gasteiger charge is 2.21. The Bertz CT molecular complexity index is 787. The fraction of sp³-hybridized carbons (Fsp3) is 0.471. The third-order valence-corrected chi connectivity index (χ3v) is 4.33. The van der Waals surface area contributed by atoms with Gasteiger partial charge in [-0.25, -0.2) is 4.79 Å². The lowest BCUT2D eigenvalue weighted by atomic mass is 10.2. The lowest BCUT2D eigenvalue weighted by Gasteiger charge is -2.20. The molecule has 0 saturated carbocycles. The lowest BCUT2D eigenvalue weighted by molar-refractivity contribution is 0.0874. The Kier molecular flexibility index (Phi) is 4.61. The van der Waals surface area contributed by atoms with E-state index in [0.29, 0.717) is 29.8 Å². The van der Waals surface area contributed by atoms with E-state index in [9.17, 15) is 4.79 Å². The lowest BCUT2D eigenvalue weighted by Crippen LogP contribution is -2.41. The van der Waals surface area contributed by atoms with Crippen molar-refractivity contribution in [3.8, 4) is 23.0 Å². The molecule has 26 heavy (non-hydrogen) atoms. The van der Waals surface area contributed by atoms with Gasteiger partial charge in [0.15, 0.2) is 17.3 Å². The first-order chi connectivity index (χ1) is 12.7. The van der Waals surface area contributed by atoms with Gasteiger partial charge in [0.1, 0.15) is 0 Å². The van der Waals surface area contributed by atoms with Gasteiger partial charge in [0.05, 0.1) is 12.6 Å². The summed E-state index contributed by atoms with van der Waals surface area (Å²) in [5.74, 6) is 2.10. The van der Waals surface area contributed by atoms with Crippen molar-refractivity contribution in [1.29, 1.82) is 0 Å². The molecule has 2 aliphatic heterocycles. The van der Waals surface area contributed by atoms with Gasteiger partial charge in [-0.15, -0.1) is 0 Å². The maximum atomic E-state index is 12.2. The molecular weight excluding hydrogens is 340 g/mol. The summed E-state index contributed by atoms with van der Waals surface area (Å²) >= 11 is 0. The minimum Gasteiger partial charge on any atom is -0.454 e. The van der Waals surface area contributed by atoms with Gasteiger partial charge in [-0.2, -0.15) is 4.98 Å². The normalized spacial score (nSPS) is 18.1. The van der Waals surface area contributed by atoms with Crippen LogP contribution in [0.15, 0.2) is 22.7 Å². The van der Waals surface area contributed by atoms with Crippen LogP contribution in [0.25, 0.3) is 11.5 Å². The van der Waals surface area contributed by atoms with Gasteiger partial charge in [0.25, 0.3) is 5.89 Å². The average Bonchev–Trinajstić information content (AvgIpc) is 3.39. The molecule has 2 amide bonds. The molecule has 0 bridgehead atoms. The Morgan fingerprint density at radius 3 is 3.08 bits per heavy atom. The second-order valence-corrected chi connectivity index (χ2v) is 6.26. The zero-order valence-corrected chi connectivity index (χ0v) is 14.4. The topological polar surface area (TPSA) is 99.0 Å². The minimum atomic E-state index is -0.199. The van der Waals surface area contributed by atoms with E-state index in [-0.39, 0.29) is 25.5 Å². The van der Waals surface area contributed by atoms with E-state index in [2.05, 4.69) is 15.5 Å². The summed E-state index contributed by atoms with van der Waals surface area (Å²) in [6.45, 7) is 1.73. The van der Waals surface area contributed by atoms with Crippen LogP contribution < -0.4 is 14.8 Å². The number of nitrogens with one attached hydrogen (secondary N) is 1. The van der Waals surface area contributed by atoms with Gasteiger partial charge < -0.3 is 29.0 Å². The first kappa shape index (κ1) is 16.6. The summed E-state index contributed by atoms with van der Waals surface area (Å²) in [4.78, 5) is 18.1. The van der Waals surface area contributed by atoms with E-state index in [0.717, 1.165) is 25.0 Å². The van der Waals surface area contributed by atoms with Crippen LogP contribution in [-0.2, 0) is 11.3 Å². The van der Waals surface area contributed by atoms with Gasteiger partial charge in [-0.05, 0) is 31.0 Å². The molecule has 1 aromatic heterocycles. The smallest absolute Gasteiger partial charge is 0.317 e. The van der Waals surface area contributed by atoms with E-state index >= 15 is 0 Å². The monoisotopic (exact) mass is 360 g/mol. The second kappa shape index (κ2) is 7.20. The van der Waals surface area contributed by atoms with Gasteiger partial charge >= 0.3 is 6.03 Å². The molecule has 0 spiro atoms. The van der Waals surface area contributed by atoms with Crippen LogP contribution in [0.2, 0.25) is 0 Å². The molecule has 1 fully saturated rings. The van der Waals surface area contributed by atoms with Crippen LogP contribution in [0.3, 0.4) is 0 Å². The Hall–Kier alpha value is -2.81. The van der Waals surface area contributed by atoms with Crippen molar-refractivity contribution in [3.05, 3.63) is 24.0 Å². The quantitative estimate of drug-likeness (QED) is 0.868. The Morgan fingerprint density at radius 2 is 2.23 bits per heavy atom. The standard InChI is InChI=1S/C17H20N4O5/c1-21(9-12-3-2-6-23-12)17(22)18-8-15-19-16(26-20-15)11-4-5-13-14(7-11)25-10-24-13/h4-5,7,12H,2-3,6,8-10H2,1H3,(H,18,22)/t12-/m0/s1. The van der Waals surface area contributed by atoms with Gasteiger partial charge in [-0.3, -0.25) is 0 Å². The zero-order chi connectivity index (χ0) is 17.9. The highest BCUT2D eigenvalue weighted by atomic mass is 16.7. The van der Waals surface area contributed by atoms with Crippen molar-refractivity contribution in [2.75, 3.05) is 27.0 Å². The number of carbonyl (C=O) groups excluding carboxylic acids is 1. The van der Waals surface area contributed by atoms with Crippen molar-refractivity contribution in [1.82, 2.24) is 20.4 Å². The molecule has 2 aliphatic rings. The molecule has 9 nitrogen and oxygen atoms in total. The second-order valence-electron chi connectivity index (χ2n) is 6.26. The molecule has 1 atom stereocenters. The van der Waals surface area contributed by atoms with E-state index in [1.165, 1.54) is 0 Å². The van der Waals surface area contributed by atoms with Crippen molar-refractivity contribution in [2.24, 2.45) is 0 Å². The summed E-state index contributed by atoms with van der Waals surface area (Å²) in [7, 11) is 1.74. The SMILES string of the molecule is CN(C[C@@H]1CCCO1)C(=O)NCc1noc(-c2ccc3c(c2)OCO3)n1. The fourth-order valence-electron chi connectivity index (χ4n) is 2.94. The number of nitrogens with zero attached hydrogens (tertiary/aromatic N) is 3. The summed E-state index contributed by atoms with van der Waals surface area (Å²) in [5, 5.41) is 6.69. The highest BCUT2D eigenvalue weighted by molar-refractivity contribution is 5.73. The van der Waals surface area contributed by atoms with E-state index in [1.54, 1.807) is 24.1 Å². The van der Waals surface area contributed by atoms with Crippen LogP contribution in [0.4, 0.5) is 4.79 Å². The number of hydrogen-bond acceptors (Lipinski definition) is 7. The number of aromatic nitrogens is 2. The Labute approximate surface area is 150 Å². The van der Waals surface area contributed by atoms with E-state index in [1.807, 2.05) is 6.07 Å². The number of likely N-dealkylation sites (N-methyl/N-ethyl adjacent to an activating group) is 1. The third-order valence-electron chi connectivity index (χ3n) is 4.33. The van der Waals surface area contributed by atoms with Gasteiger partial charge in [0, 0.05) is 25.8 Å². The number of urea groups is 1. The van der Waals surface area contributed by atoms with E-state index in [4.69, 9.17) is 18.7 Å². The molecule has 1 aromatic carbocycles. The minimum absolute atomic E-state index is 0.119. The van der Waals surface area contributed by atoms with Crippen LogP contribution in [0, 0.1) is 0 Å². The van der Waals surface area contributed by atoms with Crippen molar-refractivity contribution >= 4 is 6.03 Å². The molecule has 9 heteroatoms. The summed E-state index contributed by atoms with van der Waals surface area (Å²) in [6, 6.07) is 5.20. The van der Waals surface area contributed by atoms with Gasteiger partial charge in [0.2, 0.25) is 6.79 Å². The highest BCUT2D eigenvalue weighted by Crippen LogP contribution is 2.35. The van der Waals surface area contributed by atoms with Crippen LogP contribution in [-0.4, -0.2) is 54.2 Å². The molecule has 1 N–H and O–H groups in total.